The number of carbonyl (C=O) groups excluding carboxylic acids is 2. The standard InChI is InChI=1S/C37H42N6O7Si/c1-24-35(51(3,4)30-11-9-29(49-2)10-12-30)33(14-17-40-23-26(16-19-44)38-39-40)50-37(24)31-21-28(43(47)48)8-13-32(31)42(36(37)46)22-25-6-5-7-27(20-25)41-18-15-34(41)45/h5-13,20-21,23-24,33,35,44H,14-19,22H2,1-4H3/t24-,33+,35-,37+/m0/s1. The molecule has 3 aromatic carbocycles. The molecule has 0 bridgehead atoms. The molecule has 51 heavy (non-hydrogen) atoms. The molecule has 1 spiro atoms. The lowest BCUT2D eigenvalue weighted by Gasteiger charge is -2.37. The molecule has 4 aromatic rings. The van der Waals surface area contributed by atoms with E-state index in [0.29, 0.717) is 49.3 Å². The largest absolute Gasteiger partial charge is 0.497 e. The summed E-state index contributed by atoms with van der Waals surface area (Å²) >= 11 is 0. The Kier molecular flexibility index (Phi) is 9.02. The summed E-state index contributed by atoms with van der Waals surface area (Å²) in [4.78, 5) is 42.4. The van der Waals surface area contributed by atoms with Crippen molar-refractivity contribution in [3.63, 3.8) is 0 Å². The van der Waals surface area contributed by atoms with Crippen molar-refractivity contribution in [1.82, 2.24) is 15.0 Å². The second-order valence-electron chi connectivity index (χ2n) is 14.2. The van der Waals surface area contributed by atoms with Crippen LogP contribution in [0.15, 0.2) is 72.9 Å². The molecular weight excluding hydrogens is 669 g/mol. The van der Waals surface area contributed by atoms with Crippen molar-refractivity contribution >= 4 is 42.1 Å². The maximum Gasteiger partial charge on any atom is 0.269 e. The molecule has 0 aliphatic carbocycles. The van der Waals surface area contributed by atoms with E-state index >= 15 is 4.79 Å². The summed E-state index contributed by atoms with van der Waals surface area (Å²) in [5.41, 5.74) is 1.72. The van der Waals surface area contributed by atoms with Crippen LogP contribution in [0.25, 0.3) is 0 Å². The van der Waals surface area contributed by atoms with Crippen LogP contribution in [-0.4, -0.2) is 71.3 Å². The first-order chi connectivity index (χ1) is 24.5. The number of ether oxygens (including phenoxy) is 2. The van der Waals surface area contributed by atoms with Crippen LogP contribution < -0.4 is 19.7 Å². The number of β-lactam (4-membered cyclic amide) rings is 1. The van der Waals surface area contributed by atoms with Gasteiger partial charge in [-0.15, -0.1) is 5.10 Å². The van der Waals surface area contributed by atoms with E-state index in [4.69, 9.17) is 9.47 Å². The Hall–Kier alpha value is -4.92. The van der Waals surface area contributed by atoms with Crippen LogP contribution in [-0.2, 0) is 39.4 Å². The number of methoxy groups -OCH3 is 1. The van der Waals surface area contributed by atoms with Crippen LogP contribution in [0.5, 0.6) is 5.75 Å². The van der Waals surface area contributed by atoms with E-state index in [-0.39, 0.29) is 42.1 Å². The van der Waals surface area contributed by atoms with Gasteiger partial charge >= 0.3 is 0 Å². The molecule has 3 aliphatic rings. The van der Waals surface area contributed by atoms with Gasteiger partial charge in [-0.05, 0) is 47.9 Å². The highest BCUT2D eigenvalue weighted by Gasteiger charge is 2.66. The summed E-state index contributed by atoms with van der Waals surface area (Å²) in [5.74, 6) is 0.206. The maximum atomic E-state index is 15.1. The fourth-order valence-corrected chi connectivity index (χ4v) is 12.4. The summed E-state index contributed by atoms with van der Waals surface area (Å²) < 4.78 is 14.3. The summed E-state index contributed by atoms with van der Waals surface area (Å²) in [6.07, 6.45) is 2.85. The van der Waals surface area contributed by atoms with E-state index in [9.17, 15) is 20.0 Å². The number of aromatic nitrogens is 3. The Bertz CT molecular complexity index is 1980. The third kappa shape index (κ3) is 5.90. The lowest BCUT2D eigenvalue weighted by Crippen LogP contribution is -2.51. The minimum atomic E-state index is -2.46. The number of aliphatic hydroxyl groups excluding tert-OH is 1. The third-order valence-corrected chi connectivity index (χ3v) is 15.4. The molecule has 2 fully saturated rings. The number of hydrogen-bond donors (Lipinski definition) is 1. The topological polar surface area (TPSA) is 153 Å². The van der Waals surface area contributed by atoms with Gasteiger partial charge in [-0.25, -0.2) is 0 Å². The van der Waals surface area contributed by atoms with Crippen LogP contribution in [0.4, 0.5) is 17.1 Å². The van der Waals surface area contributed by atoms with Gasteiger partial charge in [0.1, 0.15) is 5.75 Å². The van der Waals surface area contributed by atoms with Crippen molar-refractivity contribution in [3.8, 4) is 5.75 Å². The van der Waals surface area contributed by atoms with Crippen LogP contribution >= 0.6 is 0 Å². The first-order valence-electron chi connectivity index (χ1n) is 17.3. The second-order valence-corrected chi connectivity index (χ2v) is 18.9. The molecular formula is C37H42N6O7Si. The number of nitro groups is 1. The number of anilines is 2. The Balaban J connectivity index is 1.30. The molecule has 0 unspecified atom stereocenters. The van der Waals surface area contributed by atoms with Gasteiger partial charge in [-0.1, -0.05) is 54.7 Å². The van der Waals surface area contributed by atoms with Gasteiger partial charge in [0.2, 0.25) is 5.91 Å². The predicted molar refractivity (Wildman–Crippen MR) is 193 cm³/mol. The van der Waals surface area contributed by atoms with E-state index in [1.165, 1.54) is 17.3 Å². The Morgan fingerprint density at radius 1 is 1.12 bits per heavy atom. The minimum absolute atomic E-state index is 0.0287. The molecule has 7 rings (SSSR count). The number of nitrogens with zero attached hydrogens (tertiary/aromatic N) is 6. The Morgan fingerprint density at radius 3 is 2.57 bits per heavy atom. The molecule has 1 N–H and O–H groups in total. The minimum Gasteiger partial charge on any atom is -0.497 e. The SMILES string of the molecule is COc1ccc([Si](C)(C)[C@@H]2[C@@H](CCn3cc(CCO)nn3)O[C@]3(C(=O)N(Cc4cccc(N5CCC5=O)c4)c4ccc([N+](=O)[O-])cc43)[C@H]2C)cc1. The number of amides is 2. The number of benzene rings is 3. The summed E-state index contributed by atoms with van der Waals surface area (Å²) in [6.45, 7) is 7.93. The highest BCUT2D eigenvalue weighted by Crippen LogP contribution is 2.60. The molecule has 0 radical (unpaired) electrons. The number of hydrogen-bond acceptors (Lipinski definition) is 9. The zero-order valence-electron chi connectivity index (χ0n) is 29.2. The van der Waals surface area contributed by atoms with Crippen LogP contribution in [0.2, 0.25) is 18.6 Å². The molecule has 3 aliphatic heterocycles. The molecule has 14 heteroatoms. The predicted octanol–water partition coefficient (Wildman–Crippen LogP) is 4.32. The molecule has 13 nitrogen and oxygen atoms in total. The number of rotatable bonds is 12. The van der Waals surface area contributed by atoms with E-state index < -0.39 is 24.7 Å². The smallest absolute Gasteiger partial charge is 0.269 e. The van der Waals surface area contributed by atoms with Gasteiger partial charge in [0.15, 0.2) is 5.60 Å². The van der Waals surface area contributed by atoms with Crippen LogP contribution in [0.3, 0.4) is 0 Å². The Labute approximate surface area is 296 Å². The number of fused-ring (bicyclic) bond motifs is 2. The van der Waals surface area contributed by atoms with Crippen molar-refractivity contribution in [3.05, 3.63) is 99.9 Å². The molecule has 4 atom stereocenters. The molecule has 266 valence electrons. The van der Waals surface area contributed by atoms with Crippen molar-refractivity contribution in [2.75, 3.05) is 30.1 Å². The first kappa shape index (κ1) is 34.5. The van der Waals surface area contributed by atoms with Gasteiger partial charge in [0.05, 0.1) is 44.1 Å². The summed E-state index contributed by atoms with van der Waals surface area (Å²) in [7, 11) is -0.821. The highest BCUT2D eigenvalue weighted by atomic mass is 28.3. The number of aliphatic hydroxyl groups is 1. The lowest BCUT2D eigenvalue weighted by molar-refractivity contribution is -0.385. The fourth-order valence-electron chi connectivity index (χ4n) is 8.37. The molecule has 1 aromatic heterocycles. The van der Waals surface area contributed by atoms with Gasteiger partial charge in [0.25, 0.3) is 11.6 Å². The van der Waals surface area contributed by atoms with Crippen LogP contribution in [0.1, 0.15) is 36.6 Å². The van der Waals surface area contributed by atoms with Crippen LogP contribution in [0, 0.1) is 16.0 Å². The lowest BCUT2D eigenvalue weighted by atomic mass is 9.82. The first-order valence-corrected chi connectivity index (χ1v) is 20.4. The van der Waals surface area contributed by atoms with E-state index in [0.717, 1.165) is 17.0 Å². The quantitative estimate of drug-likeness (QED) is 0.0981. The summed E-state index contributed by atoms with van der Waals surface area (Å²) in [5, 5.41) is 31.1. The average Bonchev–Trinajstić information content (AvgIpc) is 3.76. The number of carbonyl (C=O) groups is 2. The van der Waals surface area contributed by atoms with Gasteiger partial charge in [-0.3, -0.25) is 24.4 Å². The Morgan fingerprint density at radius 2 is 1.90 bits per heavy atom. The van der Waals surface area contributed by atoms with Gasteiger partial charge in [0, 0.05) is 68.0 Å². The van der Waals surface area contributed by atoms with E-state index in [2.05, 4.69) is 42.5 Å². The van der Waals surface area contributed by atoms with Gasteiger partial charge < -0.3 is 24.4 Å². The van der Waals surface area contributed by atoms with Crippen molar-refractivity contribution in [2.45, 2.75) is 69.6 Å². The number of non-ortho nitro benzene ring substituents is 1. The van der Waals surface area contributed by atoms with Crippen molar-refractivity contribution < 1.29 is 29.1 Å². The molecule has 2 amide bonds. The van der Waals surface area contributed by atoms with E-state index in [1.54, 1.807) is 27.7 Å². The zero-order valence-corrected chi connectivity index (χ0v) is 30.2. The van der Waals surface area contributed by atoms with Crippen molar-refractivity contribution in [2.24, 2.45) is 5.92 Å². The average molecular weight is 711 g/mol. The number of aryl methyl sites for hydroxylation is 1. The third-order valence-electron chi connectivity index (χ3n) is 11.0. The fraction of sp³-hybridized carbons (Fsp3) is 0.405. The van der Waals surface area contributed by atoms with E-state index in [1.807, 2.05) is 42.6 Å². The van der Waals surface area contributed by atoms with Crippen molar-refractivity contribution in [1.29, 1.82) is 0 Å². The highest BCUT2D eigenvalue weighted by molar-refractivity contribution is 6.91. The number of nitro benzene ring substituents is 1. The molecule has 4 heterocycles. The second kappa shape index (κ2) is 13.3. The maximum absolute atomic E-state index is 15.1. The normalized spacial score (nSPS) is 22.8. The molecule has 0 saturated carbocycles. The van der Waals surface area contributed by atoms with Gasteiger partial charge in [-0.2, -0.15) is 0 Å². The summed E-state index contributed by atoms with van der Waals surface area (Å²) in [6, 6.07) is 20.3. The molecule has 2 saturated heterocycles. The monoisotopic (exact) mass is 710 g/mol. The zero-order chi connectivity index (χ0) is 36.1.